The highest BCUT2D eigenvalue weighted by atomic mass is 79.9. The zero-order chi connectivity index (χ0) is 19.2. The molecular formula is C22H15BrN2O2. The van der Waals surface area contributed by atoms with E-state index in [0.717, 1.165) is 16.3 Å². The van der Waals surface area contributed by atoms with Crippen LogP contribution in [0.3, 0.4) is 0 Å². The van der Waals surface area contributed by atoms with Gasteiger partial charge in [0.2, 0.25) is 0 Å². The van der Waals surface area contributed by atoms with Gasteiger partial charge in [-0.25, -0.2) is 0 Å². The van der Waals surface area contributed by atoms with Crippen LogP contribution in [0.25, 0.3) is 16.8 Å². The van der Waals surface area contributed by atoms with Crippen molar-refractivity contribution < 1.29 is 9.47 Å². The van der Waals surface area contributed by atoms with Crippen molar-refractivity contribution in [3.05, 3.63) is 75.8 Å². The number of ether oxygens (including phenoxy) is 2. The molecule has 0 aromatic heterocycles. The SMILES string of the molecule is COc1cc(C=C(C#N)C#N)cc(Br)c1OCc1cccc2ccccc12. The number of nitriles is 2. The molecule has 0 aliphatic carbocycles. The molecule has 4 nitrogen and oxygen atoms in total. The third kappa shape index (κ3) is 4.11. The maximum Gasteiger partial charge on any atom is 0.175 e. The van der Waals surface area contributed by atoms with E-state index in [1.165, 1.54) is 6.08 Å². The van der Waals surface area contributed by atoms with Crippen molar-refractivity contribution in [1.29, 1.82) is 10.5 Å². The lowest BCUT2D eigenvalue weighted by Crippen LogP contribution is -2.00. The number of halogens is 1. The first-order valence-electron chi connectivity index (χ1n) is 8.15. The molecule has 0 aliphatic heterocycles. The van der Waals surface area contributed by atoms with Crippen molar-refractivity contribution >= 4 is 32.8 Å². The van der Waals surface area contributed by atoms with Crippen LogP contribution < -0.4 is 9.47 Å². The molecule has 27 heavy (non-hydrogen) atoms. The van der Waals surface area contributed by atoms with Crippen molar-refractivity contribution in [3.63, 3.8) is 0 Å². The topological polar surface area (TPSA) is 66.0 Å². The molecule has 132 valence electrons. The molecule has 0 atom stereocenters. The average molecular weight is 419 g/mol. The highest BCUT2D eigenvalue weighted by Crippen LogP contribution is 2.38. The summed E-state index contributed by atoms with van der Waals surface area (Å²) in [5.41, 5.74) is 1.77. The minimum Gasteiger partial charge on any atom is -0.493 e. The zero-order valence-electron chi connectivity index (χ0n) is 14.6. The fraction of sp³-hybridized carbons (Fsp3) is 0.0909. The van der Waals surface area contributed by atoms with Gasteiger partial charge < -0.3 is 9.47 Å². The van der Waals surface area contributed by atoms with Crippen LogP contribution in [0.5, 0.6) is 11.5 Å². The number of allylic oxidation sites excluding steroid dienone is 1. The summed E-state index contributed by atoms with van der Waals surface area (Å²) < 4.78 is 12.2. The van der Waals surface area contributed by atoms with Gasteiger partial charge in [0.15, 0.2) is 11.5 Å². The second-order valence-electron chi connectivity index (χ2n) is 5.74. The van der Waals surface area contributed by atoms with Crippen molar-refractivity contribution in [2.75, 3.05) is 7.11 Å². The number of rotatable bonds is 5. The maximum absolute atomic E-state index is 8.93. The minimum atomic E-state index is 0.0216. The van der Waals surface area contributed by atoms with E-state index in [1.54, 1.807) is 19.2 Å². The Hall–Kier alpha value is -3.28. The standard InChI is InChI=1S/C22H15BrN2O2/c1-26-21-11-15(9-16(12-24)13-25)10-20(23)22(21)27-14-18-7-4-6-17-5-2-3-8-19(17)18/h2-11H,14H2,1H3. The fourth-order valence-corrected chi connectivity index (χ4v) is 3.36. The molecule has 0 aliphatic rings. The predicted octanol–water partition coefficient (Wildman–Crippen LogP) is 5.62. The molecule has 0 saturated heterocycles. The van der Waals surface area contributed by atoms with Gasteiger partial charge in [-0.3, -0.25) is 0 Å². The van der Waals surface area contributed by atoms with Gasteiger partial charge >= 0.3 is 0 Å². The first-order chi connectivity index (χ1) is 13.2. The van der Waals surface area contributed by atoms with Gasteiger partial charge in [0.05, 0.1) is 11.6 Å². The zero-order valence-corrected chi connectivity index (χ0v) is 16.2. The van der Waals surface area contributed by atoms with Crippen LogP contribution in [-0.2, 0) is 6.61 Å². The lowest BCUT2D eigenvalue weighted by atomic mass is 10.1. The summed E-state index contributed by atoms with van der Waals surface area (Å²) in [5, 5.41) is 20.2. The molecule has 3 rings (SSSR count). The Morgan fingerprint density at radius 3 is 2.56 bits per heavy atom. The van der Waals surface area contributed by atoms with Gasteiger partial charge in [-0.2, -0.15) is 10.5 Å². The third-order valence-corrected chi connectivity index (χ3v) is 4.64. The van der Waals surface area contributed by atoms with E-state index in [9.17, 15) is 0 Å². The minimum absolute atomic E-state index is 0.0216. The smallest absolute Gasteiger partial charge is 0.175 e. The predicted molar refractivity (Wildman–Crippen MR) is 108 cm³/mol. The number of hydrogen-bond acceptors (Lipinski definition) is 4. The molecule has 0 heterocycles. The van der Waals surface area contributed by atoms with E-state index in [-0.39, 0.29) is 5.57 Å². The Morgan fingerprint density at radius 2 is 1.81 bits per heavy atom. The van der Waals surface area contributed by atoms with E-state index in [1.807, 2.05) is 36.4 Å². The second-order valence-corrected chi connectivity index (χ2v) is 6.60. The monoisotopic (exact) mass is 418 g/mol. The molecule has 0 saturated carbocycles. The largest absolute Gasteiger partial charge is 0.493 e. The van der Waals surface area contributed by atoms with Crippen molar-refractivity contribution in [3.8, 4) is 23.6 Å². The number of hydrogen-bond donors (Lipinski definition) is 0. The Labute approximate surface area is 166 Å². The molecule has 0 unspecified atom stereocenters. The van der Waals surface area contributed by atoms with E-state index < -0.39 is 0 Å². The lowest BCUT2D eigenvalue weighted by Gasteiger charge is -2.14. The summed E-state index contributed by atoms with van der Waals surface area (Å²) in [4.78, 5) is 0. The lowest BCUT2D eigenvalue weighted by molar-refractivity contribution is 0.283. The van der Waals surface area contributed by atoms with Crippen LogP contribution >= 0.6 is 15.9 Å². The summed E-state index contributed by atoms with van der Waals surface area (Å²) in [6, 6.07) is 21.5. The Balaban J connectivity index is 1.92. The van der Waals surface area contributed by atoms with E-state index in [4.69, 9.17) is 20.0 Å². The van der Waals surface area contributed by atoms with Crippen LogP contribution in [-0.4, -0.2) is 7.11 Å². The molecular weight excluding hydrogens is 404 g/mol. The summed E-state index contributed by atoms with van der Waals surface area (Å²) in [7, 11) is 1.55. The quantitative estimate of drug-likeness (QED) is 0.504. The van der Waals surface area contributed by atoms with Crippen molar-refractivity contribution in [2.24, 2.45) is 0 Å². The number of fused-ring (bicyclic) bond motifs is 1. The molecule has 3 aromatic rings. The summed E-state index contributed by atoms with van der Waals surface area (Å²) in [6.45, 7) is 0.382. The summed E-state index contributed by atoms with van der Waals surface area (Å²) >= 11 is 3.50. The van der Waals surface area contributed by atoms with Gasteiger partial charge in [-0.15, -0.1) is 0 Å². The Kier molecular flexibility index (Phi) is 5.76. The van der Waals surface area contributed by atoms with Gasteiger partial charge in [0.1, 0.15) is 24.3 Å². The van der Waals surface area contributed by atoms with Gasteiger partial charge in [0.25, 0.3) is 0 Å². The van der Waals surface area contributed by atoms with Gasteiger partial charge in [-0.1, -0.05) is 42.5 Å². The first-order valence-corrected chi connectivity index (χ1v) is 8.94. The highest BCUT2D eigenvalue weighted by molar-refractivity contribution is 9.10. The van der Waals surface area contributed by atoms with Gasteiger partial charge in [0, 0.05) is 0 Å². The molecule has 0 amide bonds. The molecule has 0 bridgehead atoms. The summed E-state index contributed by atoms with van der Waals surface area (Å²) in [6.07, 6.45) is 1.50. The van der Waals surface area contributed by atoms with Crippen LogP contribution in [0.15, 0.2) is 64.6 Å². The van der Waals surface area contributed by atoms with Crippen molar-refractivity contribution in [2.45, 2.75) is 6.61 Å². The summed E-state index contributed by atoms with van der Waals surface area (Å²) in [5.74, 6) is 1.09. The van der Waals surface area contributed by atoms with Crippen LogP contribution in [0.2, 0.25) is 0 Å². The molecule has 0 fully saturated rings. The van der Waals surface area contributed by atoms with E-state index in [0.29, 0.717) is 28.1 Å². The van der Waals surface area contributed by atoms with E-state index >= 15 is 0 Å². The van der Waals surface area contributed by atoms with Gasteiger partial charge in [-0.05, 0) is 56.0 Å². The van der Waals surface area contributed by atoms with E-state index in [2.05, 4.69) is 34.1 Å². The third-order valence-electron chi connectivity index (χ3n) is 4.06. The van der Waals surface area contributed by atoms with Crippen molar-refractivity contribution in [1.82, 2.24) is 0 Å². The van der Waals surface area contributed by atoms with Crippen LogP contribution in [0.4, 0.5) is 0 Å². The average Bonchev–Trinajstić information content (AvgIpc) is 2.70. The maximum atomic E-state index is 8.93. The number of methoxy groups -OCH3 is 1. The number of benzene rings is 3. The van der Waals surface area contributed by atoms with Crippen LogP contribution in [0.1, 0.15) is 11.1 Å². The molecule has 0 spiro atoms. The Morgan fingerprint density at radius 1 is 1.07 bits per heavy atom. The number of nitrogens with zero attached hydrogens (tertiary/aromatic N) is 2. The molecule has 5 heteroatoms. The molecule has 3 aromatic carbocycles. The Bertz CT molecular complexity index is 1090. The second kappa shape index (κ2) is 8.40. The van der Waals surface area contributed by atoms with Crippen LogP contribution in [0, 0.1) is 22.7 Å². The highest BCUT2D eigenvalue weighted by Gasteiger charge is 2.12. The normalized spacial score (nSPS) is 9.93. The first kappa shape index (κ1) is 18.5. The fourth-order valence-electron chi connectivity index (χ4n) is 2.79. The molecule has 0 N–H and O–H groups in total. The molecule has 0 radical (unpaired) electrons.